The van der Waals surface area contributed by atoms with Crippen LogP contribution in [0.4, 0.5) is 0 Å². The smallest absolute Gasteiger partial charge is 0.254 e. The Kier molecular flexibility index (Phi) is 4.93. The van der Waals surface area contributed by atoms with Gasteiger partial charge in [0.2, 0.25) is 0 Å². The second kappa shape index (κ2) is 6.29. The van der Waals surface area contributed by atoms with Crippen LogP contribution in [0, 0.1) is 6.92 Å². The molecule has 2 heterocycles. The summed E-state index contributed by atoms with van der Waals surface area (Å²) in [4.78, 5) is 4.82. The number of morpholine rings is 1. The summed E-state index contributed by atoms with van der Waals surface area (Å²) in [6, 6.07) is 1.74. The number of aryl methyl sites for hydroxylation is 1. The summed E-state index contributed by atoms with van der Waals surface area (Å²) >= 11 is 1.50. The predicted molar refractivity (Wildman–Crippen MR) is 74.5 cm³/mol. The maximum atomic E-state index is 12.3. The summed E-state index contributed by atoms with van der Waals surface area (Å²) in [5, 5.41) is 4.71. The van der Waals surface area contributed by atoms with Gasteiger partial charge in [0, 0.05) is 29.4 Å². The number of hydrazine groups is 1. The van der Waals surface area contributed by atoms with Gasteiger partial charge in [0.15, 0.2) is 0 Å². The molecular weight excluding hydrogens is 286 g/mol. The summed E-state index contributed by atoms with van der Waals surface area (Å²) in [7, 11) is -1.64. The highest BCUT2D eigenvalue weighted by atomic mass is 32.2. The molecule has 1 saturated heterocycles. The van der Waals surface area contributed by atoms with E-state index in [1.54, 1.807) is 11.1 Å². The molecule has 0 spiro atoms. The van der Waals surface area contributed by atoms with Gasteiger partial charge in [-0.05, 0) is 20.0 Å². The van der Waals surface area contributed by atoms with Crippen LogP contribution in [0.25, 0.3) is 0 Å². The van der Waals surface area contributed by atoms with E-state index in [1.807, 2.05) is 14.0 Å². The number of nitrogens with zero attached hydrogens (tertiary/aromatic N) is 1. The van der Waals surface area contributed by atoms with Crippen molar-refractivity contribution in [3.63, 3.8) is 0 Å². The third kappa shape index (κ3) is 3.74. The molecule has 2 rings (SSSR count). The largest absolute Gasteiger partial charge is 0.379 e. The van der Waals surface area contributed by atoms with Crippen LogP contribution in [0.3, 0.4) is 0 Å². The lowest BCUT2D eigenvalue weighted by Crippen LogP contribution is -2.48. The zero-order chi connectivity index (χ0) is 13.9. The van der Waals surface area contributed by atoms with Crippen molar-refractivity contribution in [1.29, 1.82) is 0 Å². The molecule has 0 unspecified atom stereocenters. The maximum Gasteiger partial charge on any atom is 0.254 e. The molecule has 1 aromatic rings. The molecule has 0 aliphatic carbocycles. The highest BCUT2D eigenvalue weighted by Gasteiger charge is 2.23. The molecular formula is C11H19N3O3S2. The second-order valence-electron chi connectivity index (χ2n) is 4.36. The van der Waals surface area contributed by atoms with Crippen LogP contribution in [0.15, 0.2) is 11.0 Å². The van der Waals surface area contributed by atoms with Gasteiger partial charge >= 0.3 is 0 Å². The van der Waals surface area contributed by atoms with Crippen LogP contribution >= 0.6 is 11.3 Å². The highest BCUT2D eigenvalue weighted by Crippen LogP contribution is 2.25. The molecule has 1 aliphatic heterocycles. The summed E-state index contributed by atoms with van der Waals surface area (Å²) in [5.41, 5.74) is 0. The molecule has 0 aromatic carbocycles. The molecule has 6 nitrogen and oxygen atoms in total. The maximum absolute atomic E-state index is 12.3. The monoisotopic (exact) mass is 305 g/mol. The zero-order valence-electron chi connectivity index (χ0n) is 11.1. The van der Waals surface area contributed by atoms with Crippen LogP contribution in [0.2, 0.25) is 0 Å². The first-order valence-electron chi connectivity index (χ1n) is 6.12. The van der Waals surface area contributed by atoms with Crippen molar-refractivity contribution < 1.29 is 13.2 Å². The Labute approximate surface area is 117 Å². The number of hydrogen-bond acceptors (Lipinski definition) is 6. The van der Waals surface area contributed by atoms with Crippen molar-refractivity contribution in [2.24, 2.45) is 0 Å². The number of rotatable bonds is 5. The number of hydrogen-bond donors (Lipinski definition) is 2. The standard InChI is InChI=1S/C11H19N3O3S2/c1-9-11(7-10(18-9)8-12-2)19(15,16)13-14-3-5-17-6-4-14/h7,12-13H,3-6,8H2,1-2H3. The minimum absolute atomic E-state index is 0.370. The molecule has 0 bridgehead atoms. The lowest BCUT2D eigenvalue weighted by atomic mass is 10.4. The minimum atomic E-state index is -3.49. The third-order valence-electron chi connectivity index (χ3n) is 2.82. The van der Waals surface area contributed by atoms with E-state index in [-0.39, 0.29) is 0 Å². The lowest BCUT2D eigenvalue weighted by molar-refractivity contribution is 0.0272. The number of ether oxygens (including phenoxy) is 1. The van der Waals surface area contributed by atoms with Gasteiger partial charge in [-0.2, -0.15) is 0 Å². The SMILES string of the molecule is CNCc1cc(S(=O)(=O)NN2CCOCC2)c(C)s1. The topological polar surface area (TPSA) is 70.7 Å². The van der Waals surface area contributed by atoms with Crippen molar-refractivity contribution in [3.05, 3.63) is 15.8 Å². The molecule has 19 heavy (non-hydrogen) atoms. The molecule has 1 aliphatic rings. The van der Waals surface area contributed by atoms with Crippen LogP contribution in [-0.4, -0.2) is 46.8 Å². The highest BCUT2D eigenvalue weighted by molar-refractivity contribution is 7.89. The van der Waals surface area contributed by atoms with Gasteiger partial charge < -0.3 is 10.1 Å². The van der Waals surface area contributed by atoms with Crippen LogP contribution in [-0.2, 0) is 21.3 Å². The molecule has 2 N–H and O–H groups in total. The summed E-state index contributed by atoms with van der Waals surface area (Å²) in [6.07, 6.45) is 0. The van der Waals surface area contributed by atoms with Gasteiger partial charge in [-0.25, -0.2) is 13.4 Å². The second-order valence-corrected chi connectivity index (χ2v) is 7.33. The minimum Gasteiger partial charge on any atom is -0.379 e. The first-order chi connectivity index (χ1) is 9.03. The van der Waals surface area contributed by atoms with Gasteiger partial charge in [-0.1, -0.05) is 0 Å². The quantitative estimate of drug-likeness (QED) is 0.819. The van der Waals surface area contributed by atoms with Crippen molar-refractivity contribution in [2.45, 2.75) is 18.4 Å². The van der Waals surface area contributed by atoms with Crippen molar-refractivity contribution in [3.8, 4) is 0 Å². The van der Waals surface area contributed by atoms with Crippen LogP contribution in [0.1, 0.15) is 9.75 Å². The number of sulfonamides is 1. The van der Waals surface area contributed by atoms with Crippen LogP contribution in [0.5, 0.6) is 0 Å². The summed E-state index contributed by atoms with van der Waals surface area (Å²) in [5.74, 6) is 0. The Balaban J connectivity index is 2.14. The Morgan fingerprint density at radius 3 is 2.74 bits per heavy atom. The van der Waals surface area contributed by atoms with Gasteiger partial charge in [-0.3, -0.25) is 0 Å². The van der Waals surface area contributed by atoms with Crippen LogP contribution < -0.4 is 10.1 Å². The zero-order valence-corrected chi connectivity index (χ0v) is 12.7. The predicted octanol–water partition coefficient (Wildman–Crippen LogP) is 0.301. The van der Waals surface area contributed by atoms with Gasteiger partial charge in [0.25, 0.3) is 10.0 Å². The van der Waals surface area contributed by atoms with E-state index in [2.05, 4.69) is 10.1 Å². The van der Waals surface area contributed by atoms with Gasteiger partial charge in [-0.15, -0.1) is 16.2 Å². The normalized spacial score (nSPS) is 17.8. The van der Waals surface area contributed by atoms with E-state index in [0.29, 0.717) is 37.7 Å². The third-order valence-corrected chi connectivity index (χ3v) is 5.51. The van der Waals surface area contributed by atoms with Gasteiger partial charge in [0.05, 0.1) is 18.1 Å². The lowest BCUT2D eigenvalue weighted by Gasteiger charge is -2.26. The van der Waals surface area contributed by atoms with Crippen molar-refractivity contribution >= 4 is 21.4 Å². The molecule has 108 valence electrons. The van der Waals surface area contributed by atoms with E-state index in [4.69, 9.17) is 4.74 Å². The van der Waals surface area contributed by atoms with E-state index in [9.17, 15) is 8.42 Å². The fourth-order valence-electron chi connectivity index (χ4n) is 1.93. The molecule has 1 aromatic heterocycles. The average Bonchev–Trinajstić information content (AvgIpc) is 2.72. The molecule has 0 radical (unpaired) electrons. The van der Waals surface area contributed by atoms with Crippen molar-refractivity contribution in [1.82, 2.24) is 15.2 Å². The Hall–Kier alpha value is -0.510. The van der Waals surface area contributed by atoms with E-state index in [1.165, 1.54) is 11.3 Å². The average molecular weight is 305 g/mol. The summed E-state index contributed by atoms with van der Waals surface area (Å²) < 4.78 is 29.9. The fraction of sp³-hybridized carbons (Fsp3) is 0.636. The molecule has 0 amide bonds. The Bertz CT molecular complexity index is 521. The summed E-state index contributed by atoms with van der Waals surface area (Å²) in [6.45, 7) is 4.76. The molecule has 0 saturated carbocycles. The van der Waals surface area contributed by atoms with E-state index < -0.39 is 10.0 Å². The molecule has 0 atom stereocenters. The van der Waals surface area contributed by atoms with E-state index >= 15 is 0 Å². The first-order valence-corrected chi connectivity index (χ1v) is 8.42. The molecule has 1 fully saturated rings. The number of nitrogens with one attached hydrogen (secondary N) is 2. The molecule has 8 heteroatoms. The van der Waals surface area contributed by atoms with E-state index in [0.717, 1.165) is 9.75 Å². The van der Waals surface area contributed by atoms with Gasteiger partial charge in [0.1, 0.15) is 0 Å². The Morgan fingerprint density at radius 2 is 2.11 bits per heavy atom. The number of thiophene rings is 1. The fourth-order valence-corrected chi connectivity index (χ4v) is 4.70. The Morgan fingerprint density at radius 1 is 1.42 bits per heavy atom. The van der Waals surface area contributed by atoms with Crippen molar-refractivity contribution in [2.75, 3.05) is 33.4 Å². The first kappa shape index (κ1) is 14.9.